The molecule has 2 aliphatic heterocycles. The number of benzene rings is 1. The lowest BCUT2D eigenvalue weighted by Crippen LogP contribution is -2.50. The predicted octanol–water partition coefficient (Wildman–Crippen LogP) is 3.00. The number of guanidine groups is 1. The first-order valence-electron chi connectivity index (χ1n) is 9.79. The number of halogens is 3. The van der Waals surface area contributed by atoms with Crippen LogP contribution in [-0.4, -0.2) is 69.2 Å². The molecule has 2 heterocycles. The quantitative estimate of drug-likeness (QED) is 0.628. The van der Waals surface area contributed by atoms with E-state index >= 15 is 0 Å². The van der Waals surface area contributed by atoms with E-state index in [4.69, 9.17) is 4.74 Å². The maximum absolute atomic E-state index is 13.0. The van der Waals surface area contributed by atoms with E-state index in [2.05, 4.69) is 27.2 Å². The monoisotopic (exact) mass is 398 g/mol. The molecular weight excluding hydrogens is 369 g/mol. The highest BCUT2D eigenvalue weighted by molar-refractivity contribution is 5.80. The molecule has 2 aliphatic rings. The molecule has 2 fully saturated rings. The minimum Gasteiger partial charge on any atom is -0.370 e. The zero-order valence-corrected chi connectivity index (χ0v) is 16.5. The summed E-state index contributed by atoms with van der Waals surface area (Å²) in [7, 11) is 3.88. The second-order valence-corrected chi connectivity index (χ2v) is 7.63. The standard InChI is InChI=1S/C20H29F3N4O/c1-24-19(25-12-15-5-4-8-26(2)13-15)27-9-10-28-18(14-27)16-6-3-7-17(11-16)20(21,22)23/h3,6-7,11,15,18H,4-5,8-10,12-14H2,1-2H3,(H,24,25). The number of rotatable bonds is 3. The summed E-state index contributed by atoms with van der Waals surface area (Å²) in [5, 5.41) is 3.45. The number of aliphatic imine (C=N–C) groups is 1. The topological polar surface area (TPSA) is 40.1 Å². The molecule has 28 heavy (non-hydrogen) atoms. The van der Waals surface area contributed by atoms with Gasteiger partial charge in [0.15, 0.2) is 5.96 Å². The first-order valence-corrected chi connectivity index (χ1v) is 9.79. The van der Waals surface area contributed by atoms with Crippen molar-refractivity contribution in [2.75, 3.05) is 53.4 Å². The van der Waals surface area contributed by atoms with Crippen LogP contribution in [0.2, 0.25) is 0 Å². The Morgan fingerprint density at radius 3 is 2.82 bits per heavy atom. The summed E-state index contributed by atoms with van der Waals surface area (Å²) in [6, 6.07) is 5.40. The number of nitrogens with one attached hydrogen (secondary N) is 1. The highest BCUT2D eigenvalue weighted by atomic mass is 19.4. The van der Waals surface area contributed by atoms with Crippen LogP contribution in [0.25, 0.3) is 0 Å². The van der Waals surface area contributed by atoms with Gasteiger partial charge < -0.3 is 19.9 Å². The van der Waals surface area contributed by atoms with Gasteiger partial charge in [-0.15, -0.1) is 0 Å². The summed E-state index contributed by atoms with van der Waals surface area (Å²) in [6.45, 7) is 4.66. The zero-order valence-electron chi connectivity index (χ0n) is 16.5. The molecule has 1 aromatic carbocycles. The van der Waals surface area contributed by atoms with E-state index in [1.54, 1.807) is 13.1 Å². The third-order valence-corrected chi connectivity index (χ3v) is 5.43. The predicted molar refractivity (Wildman–Crippen MR) is 103 cm³/mol. The normalized spacial score (nSPS) is 25.0. The van der Waals surface area contributed by atoms with Gasteiger partial charge in [-0.05, 0) is 50.0 Å². The molecule has 8 heteroatoms. The summed E-state index contributed by atoms with van der Waals surface area (Å²) < 4.78 is 44.8. The van der Waals surface area contributed by atoms with E-state index in [1.165, 1.54) is 25.0 Å². The highest BCUT2D eigenvalue weighted by Gasteiger charge is 2.32. The number of ether oxygens (including phenoxy) is 1. The smallest absolute Gasteiger partial charge is 0.370 e. The molecule has 2 saturated heterocycles. The SMILES string of the molecule is CN=C(NCC1CCCN(C)C1)N1CCOC(c2cccc(C(F)(F)F)c2)C1. The summed E-state index contributed by atoms with van der Waals surface area (Å²) in [4.78, 5) is 8.80. The maximum atomic E-state index is 13.0. The van der Waals surface area contributed by atoms with Crippen molar-refractivity contribution < 1.29 is 17.9 Å². The molecule has 5 nitrogen and oxygen atoms in total. The summed E-state index contributed by atoms with van der Waals surface area (Å²) in [5.74, 6) is 1.37. The third kappa shape index (κ3) is 5.38. The molecule has 2 atom stereocenters. The number of hydrogen-bond acceptors (Lipinski definition) is 3. The van der Waals surface area contributed by atoms with Gasteiger partial charge in [-0.2, -0.15) is 13.2 Å². The Balaban J connectivity index is 1.61. The lowest BCUT2D eigenvalue weighted by molar-refractivity contribution is -0.137. The number of likely N-dealkylation sites (tertiary alicyclic amines) is 1. The summed E-state index contributed by atoms with van der Waals surface area (Å²) in [6.07, 6.45) is -2.36. The molecule has 1 aromatic rings. The Kier molecular flexibility index (Phi) is 6.82. The second-order valence-electron chi connectivity index (χ2n) is 7.63. The van der Waals surface area contributed by atoms with Crippen LogP contribution in [0.5, 0.6) is 0 Å². The maximum Gasteiger partial charge on any atom is 0.416 e. The molecule has 0 spiro atoms. The van der Waals surface area contributed by atoms with Crippen LogP contribution in [0.4, 0.5) is 13.2 Å². The molecule has 2 unspecified atom stereocenters. The Hall–Kier alpha value is -1.80. The Bertz CT molecular complexity index is 680. The van der Waals surface area contributed by atoms with E-state index in [9.17, 15) is 13.2 Å². The van der Waals surface area contributed by atoms with Crippen LogP contribution >= 0.6 is 0 Å². The molecule has 1 N–H and O–H groups in total. The van der Waals surface area contributed by atoms with E-state index in [1.807, 2.05) is 0 Å². The average molecular weight is 398 g/mol. The summed E-state index contributed by atoms with van der Waals surface area (Å²) >= 11 is 0. The fraction of sp³-hybridized carbons (Fsp3) is 0.650. The van der Waals surface area contributed by atoms with Crippen LogP contribution < -0.4 is 5.32 Å². The molecule has 0 bridgehead atoms. The number of alkyl halides is 3. The number of piperidine rings is 1. The summed E-state index contributed by atoms with van der Waals surface area (Å²) in [5.41, 5.74) is -0.0986. The van der Waals surface area contributed by atoms with Gasteiger partial charge in [0.1, 0.15) is 6.10 Å². The molecule has 156 valence electrons. The van der Waals surface area contributed by atoms with Gasteiger partial charge in [-0.1, -0.05) is 12.1 Å². The number of morpholine rings is 1. The fourth-order valence-corrected chi connectivity index (χ4v) is 3.97. The second kappa shape index (κ2) is 9.13. The average Bonchev–Trinajstić information content (AvgIpc) is 2.68. The van der Waals surface area contributed by atoms with Crippen LogP contribution in [0.3, 0.4) is 0 Å². The first-order chi connectivity index (χ1) is 13.4. The number of hydrogen-bond donors (Lipinski definition) is 1. The zero-order chi connectivity index (χ0) is 20.1. The van der Waals surface area contributed by atoms with Gasteiger partial charge in [0.2, 0.25) is 0 Å². The van der Waals surface area contributed by atoms with Crippen molar-refractivity contribution in [1.29, 1.82) is 0 Å². The lowest BCUT2D eigenvalue weighted by Gasteiger charge is -2.36. The molecule has 3 rings (SSSR count). The molecular formula is C20H29F3N4O. The van der Waals surface area contributed by atoms with Gasteiger partial charge >= 0.3 is 6.18 Å². The Labute approximate surface area is 164 Å². The van der Waals surface area contributed by atoms with Crippen LogP contribution in [0.15, 0.2) is 29.3 Å². The van der Waals surface area contributed by atoms with Gasteiger partial charge in [0.05, 0.1) is 18.7 Å². The van der Waals surface area contributed by atoms with E-state index in [-0.39, 0.29) is 0 Å². The van der Waals surface area contributed by atoms with Gasteiger partial charge in [0.25, 0.3) is 0 Å². The van der Waals surface area contributed by atoms with Crippen molar-refractivity contribution in [3.63, 3.8) is 0 Å². The molecule has 0 saturated carbocycles. The Morgan fingerprint density at radius 2 is 2.11 bits per heavy atom. The minimum absolute atomic E-state index is 0.407. The largest absolute Gasteiger partial charge is 0.416 e. The van der Waals surface area contributed by atoms with Crippen LogP contribution in [-0.2, 0) is 10.9 Å². The fourth-order valence-electron chi connectivity index (χ4n) is 3.97. The van der Waals surface area contributed by atoms with E-state index in [0.717, 1.165) is 31.7 Å². The van der Waals surface area contributed by atoms with Crippen molar-refractivity contribution in [3.05, 3.63) is 35.4 Å². The molecule has 0 amide bonds. The van der Waals surface area contributed by atoms with Crippen molar-refractivity contribution >= 4 is 5.96 Å². The van der Waals surface area contributed by atoms with Crippen molar-refractivity contribution in [3.8, 4) is 0 Å². The van der Waals surface area contributed by atoms with Crippen LogP contribution in [0, 0.1) is 5.92 Å². The van der Waals surface area contributed by atoms with Crippen molar-refractivity contribution in [2.24, 2.45) is 10.9 Å². The van der Waals surface area contributed by atoms with Gasteiger partial charge in [-0.25, -0.2) is 0 Å². The molecule has 0 aliphatic carbocycles. The first kappa shape index (κ1) is 20.9. The van der Waals surface area contributed by atoms with Crippen molar-refractivity contribution in [2.45, 2.75) is 25.1 Å². The minimum atomic E-state index is -4.35. The van der Waals surface area contributed by atoms with E-state index < -0.39 is 17.8 Å². The van der Waals surface area contributed by atoms with Gasteiger partial charge in [0, 0.05) is 26.7 Å². The van der Waals surface area contributed by atoms with E-state index in [0.29, 0.717) is 31.2 Å². The lowest BCUT2D eigenvalue weighted by atomic mass is 9.98. The third-order valence-electron chi connectivity index (χ3n) is 5.43. The van der Waals surface area contributed by atoms with Crippen molar-refractivity contribution in [1.82, 2.24) is 15.1 Å². The van der Waals surface area contributed by atoms with Gasteiger partial charge in [-0.3, -0.25) is 4.99 Å². The molecule has 0 aromatic heterocycles. The Morgan fingerprint density at radius 1 is 1.29 bits per heavy atom. The molecule has 0 radical (unpaired) electrons. The van der Waals surface area contributed by atoms with Crippen LogP contribution in [0.1, 0.15) is 30.1 Å². The highest BCUT2D eigenvalue weighted by Crippen LogP contribution is 2.32. The number of nitrogens with zero attached hydrogens (tertiary/aromatic N) is 3.